The second-order valence-corrected chi connectivity index (χ2v) is 14.2. The molecular formula is C35H41F3N4O7S. The number of rotatable bonds is 12. The van der Waals surface area contributed by atoms with Crippen molar-refractivity contribution in [2.75, 3.05) is 17.7 Å². The molecular weight excluding hydrogens is 677 g/mol. The number of nitrogens with one attached hydrogen (secondary N) is 2. The third-order valence-corrected chi connectivity index (χ3v) is 9.47. The average molecular weight is 719 g/mol. The van der Waals surface area contributed by atoms with Crippen LogP contribution in [0.25, 0.3) is 10.8 Å². The number of nitrogens with zero attached hydrogens (tertiary/aromatic N) is 1. The van der Waals surface area contributed by atoms with Gasteiger partial charge < -0.3 is 30.9 Å². The molecule has 0 aliphatic carbocycles. The fraction of sp³-hybridized carbons (Fsp3) is 0.343. The highest BCUT2D eigenvalue weighted by molar-refractivity contribution is 7.92. The maximum atomic E-state index is 14.1. The molecule has 0 aliphatic rings. The summed E-state index contributed by atoms with van der Waals surface area (Å²) in [6.45, 7) is 11.2. The van der Waals surface area contributed by atoms with Crippen LogP contribution in [0.1, 0.15) is 64.8 Å². The van der Waals surface area contributed by atoms with E-state index < -0.39 is 39.3 Å². The summed E-state index contributed by atoms with van der Waals surface area (Å²) in [6.07, 6.45) is -3.51. The number of hydrogen-bond donors (Lipinski definition) is 4. The van der Waals surface area contributed by atoms with E-state index >= 15 is 0 Å². The van der Waals surface area contributed by atoms with Crippen LogP contribution in [0.5, 0.6) is 11.5 Å². The number of carboxylic acids is 1. The smallest absolute Gasteiger partial charge is 0.490 e. The molecule has 270 valence electrons. The number of anilines is 2. The number of fused-ring (bicyclic) bond motifs is 1. The van der Waals surface area contributed by atoms with Gasteiger partial charge >= 0.3 is 12.1 Å². The van der Waals surface area contributed by atoms with Gasteiger partial charge in [0, 0.05) is 17.3 Å². The van der Waals surface area contributed by atoms with Crippen LogP contribution >= 0.6 is 0 Å². The Bertz CT molecular complexity index is 1920. The van der Waals surface area contributed by atoms with Crippen LogP contribution < -0.4 is 25.8 Å². The molecule has 50 heavy (non-hydrogen) atoms. The van der Waals surface area contributed by atoms with Crippen molar-refractivity contribution in [3.05, 3.63) is 84.1 Å². The van der Waals surface area contributed by atoms with Gasteiger partial charge in [0.25, 0.3) is 0 Å². The molecule has 3 aromatic carbocycles. The predicted molar refractivity (Wildman–Crippen MR) is 185 cm³/mol. The number of aliphatic carboxylic acids is 1. The van der Waals surface area contributed by atoms with Crippen molar-refractivity contribution in [1.82, 2.24) is 10.3 Å². The Morgan fingerprint density at radius 1 is 0.960 bits per heavy atom. The SMILES string of the molecule is CCOc1cc(C(Nc2ccc3c(N)nccc3c2)C(=O)NC(C)c2ccccc2S(=O)(=O)C(C)C)ccc1OC(C)C.O=C(O)C(F)(F)F. The Balaban J connectivity index is 0.000000872. The van der Waals surface area contributed by atoms with E-state index in [1.165, 1.54) is 0 Å². The number of benzene rings is 3. The van der Waals surface area contributed by atoms with Crippen LogP contribution in [-0.4, -0.2) is 54.5 Å². The fourth-order valence-electron chi connectivity index (χ4n) is 4.81. The Kier molecular flexibility index (Phi) is 13.1. The molecule has 4 rings (SSSR count). The number of sulfone groups is 1. The van der Waals surface area contributed by atoms with Crippen molar-refractivity contribution < 1.29 is 45.8 Å². The second kappa shape index (κ2) is 16.6. The lowest BCUT2D eigenvalue weighted by molar-refractivity contribution is -0.192. The number of alkyl halides is 3. The Labute approximate surface area is 288 Å². The van der Waals surface area contributed by atoms with Crippen molar-refractivity contribution in [3.63, 3.8) is 0 Å². The maximum Gasteiger partial charge on any atom is 0.490 e. The van der Waals surface area contributed by atoms with Gasteiger partial charge in [-0.05, 0) is 101 Å². The Morgan fingerprint density at radius 2 is 1.62 bits per heavy atom. The summed E-state index contributed by atoms with van der Waals surface area (Å²) < 4.78 is 69.8. The van der Waals surface area contributed by atoms with E-state index in [1.807, 2.05) is 51.1 Å². The molecule has 0 saturated carbocycles. The van der Waals surface area contributed by atoms with Gasteiger partial charge in [0.15, 0.2) is 21.3 Å². The van der Waals surface area contributed by atoms with Gasteiger partial charge in [-0.25, -0.2) is 18.2 Å². The number of amides is 1. The maximum absolute atomic E-state index is 14.1. The first-order valence-corrected chi connectivity index (χ1v) is 17.2. The van der Waals surface area contributed by atoms with Gasteiger partial charge in [-0.3, -0.25) is 4.79 Å². The minimum atomic E-state index is -5.08. The number of ether oxygens (including phenoxy) is 2. The number of nitrogens with two attached hydrogens (primary N) is 1. The number of halogens is 3. The van der Waals surface area contributed by atoms with Crippen LogP contribution in [-0.2, 0) is 19.4 Å². The zero-order chi connectivity index (χ0) is 37.4. The summed E-state index contributed by atoms with van der Waals surface area (Å²) in [6, 6.07) is 18.2. The van der Waals surface area contributed by atoms with Gasteiger partial charge in [0.05, 0.1) is 28.9 Å². The van der Waals surface area contributed by atoms with E-state index in [4.69, 9.17) is 25.1 Å². The van der Waals surface area contributed by atoms with E-state index in [0.29, 0.717) is 40.7 Å². The molecule has 0 aliphatic heterocycles. The standard InChI is InChI=1S/C33H40N4O5S.C2HF3O2/c1-7-41-29-19-24(12-15-28(29)42-20(2)3)31(37-25-13-14-27-23(18-25)16-17-35-32(27)34)33(38)36-22(6)26-10-8-9-11-30(26)43(39,40)21(4)5;3-2(4,5)1(6)7/h8-22,31,37H,7H2,1-6H3,(H2,34,35)(H,36,38);(H,6,7). The van der Waals surface area contributed by atoms with Gasteiger partial charge in [-0.15, -0.1) is 0 Å². The second-order valence-electron chi connectivity index (χ2n) is 11.7. The number of carbonyl (C=O) groups excluding carboxylic acids is 1. The monoisotopic (exact) mass is 718 g/mol. The average Bonchev–Trinajstić information content (AvgIpc) is 3.04. The van der Waals surface area contributed by atoms with Crippen molar-refractivity contribution in [1.29, 1.82) is 0 Å². The van der Waals surface area contributed by atoms with Crippen LogP contribution in [0.3, 0.4) is 0 Å². The van der Waals surface area contributed by atoms with E-state index in [0.717, 1.165) is 10.8 Å². The molecule has 4 aromatic rings. The highest BCUT2D eigenvalue weighted by Crippen LogP contribution is 2.34. The molecule has 15 heteroatoms. The summed E-state index contributed by atoms with van der Waals surface area (Å²) in [5.41, 5.74) is 7.90. The third-order valence-electron chi connectivity index (χ3n) is 7.25. The largest absolute Gasteiger partial charge is 0.490 e. The van der Waals surface area contributed by atoms with Gasteiger partial charge in [-0.1, -0.05) is 24.3 Å². The molecule has 0 radical (unpaired) electrons. The van der Waals surface area contributed by atoms with Crippen LogP contribution in [0.2, 0.25) is 0 Å². The molecule has 0 bridgehead atoms. The van der Waals surface area contributed by atoms with Gasteiger partial charge in [-0.2, -0.15) is 13.2 Å². The van der Waals surface area contributed by atoms with E-state index in [-0.39, 0.29) is 16.9 Å². The van der Waals surface area contributed by atoms with Crippen LogP contribution in [0.4, 0.5) is 24.7 Å². The van der Waals surface area contributed by atoms with Gasteiger partial charge in [0.2, 0.25) is 5.91 Å². The minimum Gasteiger partial charge on any atom is -0.490 e. The molecule has 0 spiro atoms. The summed E-state index contributed by atoms with van der Waals surface area (Å²) in [7, 11) is -3.57. The Hall–Kier alpha value is -5.05. The summed E-state index contributed by atoms with van der Waals surface area (Å²) in [5, 5.41) is 14.6. The first kappa shape index (κ1) is 39.4. The molecule has 1 aromatic heterocycles. The first-order chi connectivity index (χ1) is 23.4. The van der Waals surface area contributed by atoms with E-state index in [1.54, 1.807) is 63.4 Å². The lowest BCUT2D eigenvalue weighted by Gasteiger charge is -2.25. The summed E-state index contributed by atoms with van der Waals surface area (Å²) in [4.78, 5) is 27.3. The van der Waals surface area contributed by atoms with Crippen LogP contribution in [0.15, 0.2) is 77.8 Å². The highest BCUT2D eigenvalue weighted by atomic mass is 32.2. The zero-order valence-electron chi connectivity index (χ0n) is 28.4. The minimum absolute atomic E-state index is 0.0650. The number of hydrogen-bond acceptors (Lipinski definition) is 9. The normalized spacial score (nSPS) is 12.9. The molecule has 2 atom stereocenters. The van der Waals surface area contributed by atoms with Crippen LogP contribution in [0, 0.1) is 0 Å². The van der Waals surface area contributed by atoms with Crippen molar-refractivity contribution in [2.45, 2.75) is 76.1 Å². The molecule has 0 saturated heterocycles. The van der Waals surface area contributed by atoms with Crippen molar-refractivity contribution >= 4 is 44.0 Å². The zero-order valence-corrected chi connectivity index (χ0v) is 29.2. The molecule has 2 unspecified atom stereocenters. The van der Waals surface area contributed by atoms with Crippen molar-refractivity contribution in [2.24, 2.45) is 0 Å². The molecule has 11 nitrogen and oxygen atoms in total. The van der Waals surface area contributed by atoms with Gasteiger partial charge in [0.1, 0.15) is 11.9 Å². The number of carbonyl (C=O) groups is 2. The van der Waals surface area contributed by atoms with Crippen molar-refractivity contribution in [3.8, 4) is 11.5 Å². The topological polar surface area (TPSA) is 170 Å². The fourth-order valence-corrected chi connectivity index (χ4v) is 6.16. The number of pyridine rings is 1. The number of nitrogen functional groups attached to an aromatic ring is 1. The molecule has 5 N–H and O–H groups in total. The quantitative estimate of drug-likeness (QED) is 0.122. The third kappa shape index (κ3) is 10.00. The number of carboxylic acid groups (broad SMARTS) is 1. The molecule has 0 fully saturated rings. The number of aromatic nitrogens is 1. The highest BCUT2D eigenvalue weighted by Gasteiger charge is 2.38. The van der Waals surface area contributed by atoms with E-state index in [9.17, 15) is 26.4 Å². The first-order valence-electron chi connectivity index (χ1n) is 15.6. The lowest BCUT2D eigenvalue weighted by atomic mass is 10.0. The summed E-state index contributed by atoms with van der Waals surface area (Å²) in [5.74, 6) is -1.59. The molecule has 1 amide bonds. The predicted octanol–water partition coefficient (Wildman–Crippen LogP) is 6.85. The lowest BCUT2D eigenvalue weighted by Crippen LogP contribution is -2.36. The molecule has 1 heterocycles. The Morgan fingerprint density at radius 3 is 2.22 bits per heavy atom. The van der Waals surface area contributed by atoms with E-state index in [2.05, 4.69) is 15.6 Å². The summed E-state index contributed by atoms with van der Waals surface area (Å²) >= 11 is 0.